The number of phenols is 4. The van der Waals surface area contributed by atoms with Gasteiger partial charge in [-0.25, -0.2) is 0 Å². The first-order valence-corrected chi connectivity index (χ1v) is 15.4. The van der Waals surface area contributed by atoms with Crippen LogP contribution >= 0.6 is 0 Å². The van der Waals surface area contributed by atoms with E-state index >= 15 is 0 Å². The van der Waals surface area contributed by atoms with E-state index in [1.54, 1.807) is 42.5 Å². The summed E-state index contributed by atoms with van der Waals surface area (Å²) in [6.45, 7) is 13.4. The molecule has 1 unspecified atom stereocenters. The zero-order valence-electron chi connectivity index (χ0n) is 26.2. The molecule has 0 radical (unpaired) electrons. The number of aromatic hydroxyl groups is 4. The lowest BCUT2D eigenvalue weighted by atomic mass is 9.80. The van der Waals surface area contributed by atoms with Gasteiger partial charge in [-0.05, 0) is 106 Å². The quantitative estimate of drug-likeness (QED) is 0.0840. The lowest BCUT2D eigenvalue weighted by Gasteiger charge is -2.24. The summed E-state index contributed by atoms with van der Waals surface area (Å²) in [6.07, 6.45) is 6.96. The first-order valence-electron chi connectivity index (χ1n) is 15.4. The van der Waals surface area contributed by atoms with Gasteiger partial charge >= 0.3 is 0 Å². The monoisotopic (exact) mass is 608 g/mol. The summed E-state index contributed by atoms with van der Waals surface area (Å²) in [4.78, 5) is 0. The van der Waals surface area contributed by atoms with E-state index in [1.807, 2.05) is 55.5 Å². The molecule has 0 fully saturated rings. The summed E-state index contributed by atoms with van der Waals surface area (Å²) in [5.74, 6) is 0.603. The minimum Gasteiger partial charge on any atom is -0.508 e. The van der Waals surface area contributed by atoms with Gasteiger partial charge in [0.15, 0.2) is 0 Å². The number of aryl methyl sites for hydroxylation is 1. The molecule has 0 amide bonds. The van der Waals surface area contributed by atoms with Crippen molar-refractivity contribution in [3.63, 3.8) is 0 Å². The molecule has 0 aliphatic heterocycles. The second-order valence-corrected chi connectivity index (χ2v) is 11.7. The van der Waals surface area contributed by atoms with Crippen LogP contribution in [0, 0.1) is 6.92 Å². The molecule has 0 saturated carbocycles. The summed E-state index contributed by atoms with van der Waals surface area (Å²) in [5, 5.41) is 41.8. The molecule has 0 bridgehead atoms. The summed E-state index contributed by atoms with van der Waals surface area (Å²) in [7, 11) is 0. The maximum atomic E-state index is 10.5. The molecule has 1 atom stereocenters. The molecule has 4 nitrogen and oxygen atoms in total. The molecule has 232 valence electrons. The number of hydrogen-bond acceptors (Lipinski definition) is 4. The maximum Gasteiger partial charge on any atom is 0.119 e. The summed E-state index contributed by atoms with van der Waals surface area (Å²) in [5.41, 5.74) is 9.34. The van der Waals surface area contributed by atoms with Crippen LogP contribution in [0.1, 0.15) is 67.5 Å². The Kier molecular flexibility index (Phi) is 9.78. The molecule has 0 spiro atoms. The van der Waals surface area contributed by atoms with Crippen molar-refractivity contribution in [3.05, 3.63) is 191 Å². The van der Waals surface area contributed by atoms with Gasteiger partial charge < -0.3 is 20.4 Å². The standard InChI is InChI=1S/C42H40O4/c1-5-8-30-24-34(16-20-38(30)44)41(33-15-19-37(43)27(4)23-33)28-11-13-29(14-12-28)42(35-17-21-39(45)31(25-35)9-6-2)36-18-22-40(46)32(26-36)10-7-3/h5-7,11-26,41-46H,1-3,8-10H2,4H3. The van der Waals surface area contributed by atoms with Crippen LogP contribution in [-0.4, -0.2) is 20.4 Å². The predicted octanol–water partition coefficient (Wildman–Crippen LogP) is 9.36. The van der Waals surface area contributed by atoms with Crippen molar-refractivity contribution in [2.24, 2.45) is 0 Å². The molecule has 5 rings (SSSR count). The molecule has 0 heterocycles. The van der Waals surface area contributed by atoms with Crippen LogP contribution in [0.5, 0.6) is 23.0 Å². The fourth-order valence-electron chi connectivity index (χ4n) is 6.21. The highest BCUT2D eigenvalue weighted by molar-refractivity contribution is 5.53. The van der Waals surface area contributed by atoms with Crippen LogP contribution in [0.25, 0.3) is 0 Å². The Morgan fingerprint density at radius 3 is 1.02 bits per heavy atom. The second-order valence-electron chi connectivity index (χ2n) is 11.7. The van der Waals surface area contributed by atoms with Crippen LogP contribution in [0.2, 0.25) is 0 Å². The zero-order chi connectivity index (χ0) is 32.8. The topological polar surface area (TPSA) is 80.9 Å². The van der Waals surface area contributed by atoms with Crippen molar-refractivity contribution in [2.45, 2.75) is 38.0 Å². The zero-order valence-corrected chi connectivity index (χ0v) is 26.2. The Morgan fingerprint density at radius 1 is 0.435 bits per heavy atom. The highest BCUT2D eigenvalue weighted by Crippen LogP contribution is 2.40. The van der Waals surface area contributed by atoms with Crippen LogP contribution < -0.4 is 0 Å². The van der Waals surface area contributed by atoms with Gasteiger partial charge in [0.1, 0.15) is 23.0 Å². The van der Waals surface area contributed by atoms with Gasteiger partial charge in [-0.3, -0.25) is 0 Å². The van der Waals surface area contributed by atoms with Crippen LogP contribution in [0.4, 0.5) is 0 Å². The van der Waals surface area contributed by atoms with Crippen LogP contribution in [0.15, 0.2) is 135 Å². The molecule has 5 aromatic rings. The fourth-order valence-corrected chi connectivity index (χ4v) is 6.21. The van der Waals surface area contributed by atoms with Crippen molar-refractivity contribution < 1.29 is 20.4 Å². The van der Waals surface area contributed by atoms with Crippen molar-refractivity contribution in [1.82, 2.24) is 0 Å². The van der Waals surface area contributed by atoms with E-state index in [4.69, 9.17) is 0 Å². The van der Waals surface area contributed by atoms with Gasteiger partial charge in [-0.15, -0.1) is 19.7 Å². The van der Waals surface area contributed by atoms with E-state index in [0.717, 1.165) is 55.6 Å². The molecule has 0 aliphatic rings. The van der Waals surface area contributed by atoms with E-state index in [-0.39, 0.29) is 34.8 Å². The van der Waals surface area contributed by atoms with Gasteiger partial charge in [0, 0.05) is 11.8 Å². The highest BCUT2D eigenvalue weighted by Gasteiger charge is 2.23. The molecular formula is C42H40O4. The van der Waals surface area contributed by atoms with Crippen molar-refractivity contribution in [2.75, 3.05) is 0 Å². The van der Waals surface area contributed by atoms with Gasteiger partial charge in [-0.2, -0.15) is 0 Å². The summed E-state index contributed by atoms with van der Waals surface area (Å²) >= 11 is 0. The minimum absolute atomic E-state index is 0.156. The van der Waals surface area contributed by atoms with E-state index < -0.39 is 0 Å². The second kappa shape index (κ2) is 14.1. The number of rotatable bonds is 12. The smallest absolute Gasteiger partial charge is 0.119 e. The molecule has 5 aromatic carbocycles. The van der Waals surface area contributed by atoms with E-state index in [9.17, 15) is 20.4 Å². The molecule has 4 heteroatoms. The maximum absolute atomic E-state index is 10.5. The van der Waals surface area contributed by atoms with Gasteiger partial charge in [0.05, 0.1) is 0 Å². The lowest BCUT2D eigenvalue weighted by Crippen LogP contribution is -2.07. The third-order valence-corrected chi connectivity index (χ3v) is 8.56. The molecule has 4 N–H and O–H groups in total. The Bertz CT molecular complexity index is 1820. The van der Waals surface area contributed by atoms with E-state index in [2.05, 4.69) is 44.0 Å². The first-order chi connectivity index (χ1) is 22.2. The molecule has 0 saturated heterocycles. The van der Waals surface area contributed by atoms with Crippen molar-refractivity contribution in [1.29, 1.82) is 0 Å². The van der Waals surface area contributed by atoms with Crippen molar-refractivity contribution in [3.8, 4) is 23.0 Å². The molecule has 0 aromatic heterocycles. The molecular weight excluding hydrogens is 568 g/mol. The lowest BCUT2D eigenvalue weighted by molar-refractivity contribution is 0.468. The first kappa shape index (κ1) is 31.9. The Balaban J connectivity index is 1.66. The van der Waals surface area contributed by atoms with E-state index in [1.165, 1.54) is 0 Å². The van der Waals surface area contributed by atoms with Gasteiger partial charge in [0.2, 0.25) is 0 Å². The van der Waals surface area contributed by atoms with Gasteiger partial charge in [-0.1, -0.05) is 91.0 Å². The fraction of sp³-hybridized carbons (Fsp3) is 0.143. The number of benzene rings is 5. The average Bonchev–Trinajstić information content (AvgIpc) is 3.05. The highest BCUT2D eigenvalue weighted by atomic mass is 16.3. The third kappa shape index (κ3) is 6.77. The summed E-state index contributed by atoms with van der Waals surface area (Å²) in [6, 6.07) is 31.3. The Hall–Kier alpha value is -5.48. The normalized spacial score (nSPS) is 11.7. The SMILES string of the molecule is C=CCc1cc(C(c2ccc(C(c3ccc(O)c(CC=C)c3)c3ccc(O)c(CC=C)c3)cc2)c2ccc(O)c(C)c2)ccc1O. The van der Waals surface area contributed by atoms with E-state index in [0.29, 0.717) is 19.3 Å². The van der Waals surface area contributed by atoms with Crippen molar-refractivity contribution >= 4 is 0 Å². The Morgan fingerprint density at radius 2 is 0.717 bits per heavy atom. The molecule has 0 aliphatic carbocycles. The third-order valence-electron chi connectivity index (χ3n) is 8.56. The van der Waals surface area contributed by atoms with Crippen LogP contribution in [0.3, 0.4) is 0 Å². The molecule has 46 heavy (non-hydrogen) atoms. The Labute approximate surface area is 271 Å². The number of allylic oxidation sites excluding steroid dienone is 3. The largest absolute Gasteiger partial charge is 0.508 e. The predicted molar refractivity (Wildman–Crippen MR) is 187 cm³/mol. The van der Waals surface area contributed by atoms with Crippen LogP contribution in [-0.2, 0) is 19.3 Å². The minimum atomic E-state index is -0.176. The summed E-state index contributed by atoms with van der Waals surface area (Å²) < 4.78 is 0. The number of hydrogen-bond donors (Lipinski definition) is 4. The van der Waals surface area contributed by atoms with Gasteiger partial charge in [0.25, 0.3) is 0 Å². The average molecular weight is 609 g/mol. The number of phenolic OH excluding ortho intramolecular Hbond substituents is 4.